The van der Waals surface area contributed by atoms with E-state index >= 15 is 0 Å². The van der Waals surface area contributed by atoms with Gasteiger partial charge in [-0.3, -0.25) is 4.31 Å². The fraction of sp³-hybridized carbons (Fsp3) is 0.211. The number of aryl methyl sites for hydroxylation is 1. The lowest BCUT2D eigenvalue weighted by Crippen LogP contribution is -2.32. The highest BCUT2D eigenvalue weighted by molar-refractivity contribution is 7.92. The highest BCUT2D eigenvalue weighted by Gasteiger charge is 2.26. The van der Waals surface area contributed by atoms with Crippen molar-refractivity contribution >= 4 is 21.7 Å². The Hall–Kier alpha value is -2.60. The monoisotopic (exact) mass is 359 g/mol. The summed E-state index contributed by atoms with van der Waals surface area (Å²) in [5.41, 5.74) is 2.25. The molecule has 0 radical (unpaired) electrons. The first-order valence-corrected chi connectivity index (χ1v) is 9.15. The summed E-state index contributed by atoms with van der Waals surface area (Å²) < 4.78 is 32.2. The number of nitrogens with zero attached hydrogens (tertiary/aromatic N) is 1. The second-order valence-corrected chi connectivity index (χ2v) is 7.44. The van der Waals surface area contributed by atoms with E-state index in [1.54, 1.807) is 49.4 Å². The van der Waals surface area contributed by atoms with Gasteiger partial charge in [-0.15, -0.1) is 6.58 Å². The van der Waals surface area contributed by atoms with Gasteiger partial charge >= 0.3 is 5.97 Å². The lowest BCUT2D eigenvalue weighted by atomic mass is 10.1. The molecule has 0 N–H and O–H groups in total. The van der Waals surface area contributed by atoms with E-state index in [2.05, 4.69) is 6.58 Å². The maximum Gasteiger partial charge on any atom is 0.338 e. The molecule has 0 bridgehead atoms. The quantitative estimate of drug-likeness (QED) is 0.585. The van der Waals surface area contributed by atoms with Crippen molar-refractivity contribution in [2.45, 2.75) is 18.7 Å². The Morgan fingerprint density at radius 1 is 1.16 bits per heavy atom. The van der Waals surface area contributed by atoms with Crippen LogP contribution in [0.3, 0.4) is 0 Å². The maximum atomic E-state index is 13.1. The van der Waals surface area contributed by atoms with Crippen LogP contribution in [0, 0.1) is 13.8 Å². The fourth-order valence-corrected chi connectivity index (χ4v) is 4.00. The summed E-state index contributed by atoms with van der Waals surface area (Å²) in [6.45, 7) is 7.33. The van der Waals surface area contributed by atoms with Crippen LogP contribution in [0.2, 0.25) is 0 Å². The summed E-state index contributed by atoms with van der Waals surface area (Å²) in [7, 11) is -2.50. The first-order valence-electron chi connectivity index (χ1n) is 7.71. The van der Waals surface area contributed by atoms with Gasteiger partial charge in [-0.1, -0.05) is 29.8 Å². The third kappa shape index (κ3) is 3.74. The lowest BCUT2D eigenvalue weighted by molar-refractivity contribution is 0.0600. The van der Waals surface area contributed by atoms with Gasteiger partial charge in [-0.2, -0.15) is 0 Å². The topological polar surface area (TPSA) is 63.7 Å². The first-order chi connectivity index (χ1) is 11.8. The molecule has 0 unspecified atom stereocenters. The Morgan fingerprint density at radius 2 is 1.80 bits per heavy atom. The van der Waals surface area contributed by atoms with Gasteiger partial charge in [0, 0.05) is 0 Å². The summed E-state index contributed by atoms with van der Waals surface area (Å²) in [4.78, 5) is 12.1. The predicted molar refractivity (Wildman–Crippen MR) is 98.4 cm³/mol. The third-order valence-corrected chi connectivity index (χ3v) is 5.68. The minimum Gasteiger partial charge on any atom is -0.465 e. The molecular weight excluding hydrogens is 338 g/mol. The molecule has 2 aromatic rings. The first kappa shape index (κ1) is 18.7. The van der Waals surface area contributed by atoms with Crippen molar-refractivity contribution in [2.75, 3.05) is 18.0 Å². The average molecular weight is 359 g/mol. The number of ether oxygens (including phenoxy) is 1. The summed E-state index contributed by atoms with van der Waals surface area (Å²) in [5, 5.41) is 0. The van der Waals surface area contributed by atoms with Gasteiger partial charge in [0.05, 0.1) is 29.8 Å². The molecule has 0 aliphatic heterocycles. The van der Waals surface area contributed by atoms with Crippen LogP contribution in [0.5, 0.6) is 0 Å². The Kier molecular flexibility index (Phi) is 5.64. The van der Waals surface area contributed by atoms with E-state index in [1.165, 1.54) is 17.5 Å². The maximum absolute atomic E-state index is 13.1. The number of anilines is 1. The van der Waals surface area contributed by atoms with E-state index in [-0.39, 0.29) is 11.4 Å². The number of hydrogen-bond donors (Lipinski definition) is 0. The van der Waals surface area contributed by atoms with Gasteiger partial charge in [0.1, 0.15) is 0 Å². The van der Waals surface area contributed by atoms with Gasteiger partial charge in [0.2, 0.25) is 0 Å². The second-order valence-electron chi connectivity index (χ2n) is 5.58. The van der Waals surface area contributed by atoms with Crippen LogP contribution < -0.4 is 4.31 Å². The number of esters is 1. The number of carbonyl (C=O) groups excluding carboxylic acids is 1. The number of sulfonamides is 1. The van der Waals surface area contributed by atoms with Crippen LogP contribution in [-0.2, 0) is 14.8 Å². The van der Waals surface area contributed by atoms with E-state index in [9.17, 15) is 13.2 Å². The molecule has 0 fully saturated rings. The molecule has 2 aromatic carbocycles. The Labute approximate surface area is 148 Å². The number of rotatable bonds is 6. The van der Waals surface area contributed by atoms with E-state index in [1.807, 2.05) is 6.92 Å². The summed E-state index contributed by atoms with van der Waals surface area (Å²) in [6, 6.07) is 11.5. The van der Waals surface area contributed by atoms with Crippen LogP contribution in [0.25, 0.3) is 0 Å². The zero-order valence-corrected chi connectivity index (χ0v) is 15.3. The molecule has 5 nitrogen and oxygen atoms in total. The van der Waals surface area contributed by atoms with Crippen molar-refractivity contribution in [3.05, 3.63) is 71.8 Å². The summed E-state index contributed by atoms with van der Waals surface area (Å²) >= 11 is 0. The molecule has 25 heavy (non-hydrogen) atoms. The molecule has 0 amide bonds. The van der Waals surface area contributed by atoms with Gasteiger partial charge in [-0.05, 0) is 43.7 Å². The van der Waals surface area contributed by atoms with Crippen LogP contribution in [0.1, 0.15) is 21.5 Å². The minimum absolute atomic E-state index is 0.0850. The second kappa shape index (κ2) is 7.53. The van der Waals surface area contributed by atoms with Crippen molar-refractivity contribution in [1.82, 2.24) is 0 Å². The molecule has 0 atom stereocenters. The predicted octanol–water partition coefficient (Wildman–Crippen LogP) is 3.47. The average Bonchev–Trinajstić information content (AvgIpc) is 2.60. The molecule has 6 heteroatoms. The molecule has 2 rings (SSSR count). The van der Waals surface area contributed by atoms with Crippen molar-refractivity contribution in [1.29, 1.82) is 0 Å². The number of benzene rings is 2. The Balaban J connectivity index is 2.60. The van der Waals surface area contributed by atoms with Crippen molar-refractivity contribution in [3.63, 3.8) is 0 Å². The summed E-state index contributed by atoms with van der Waals surface area (Å²) in [5.74, 6) is -0.509. The summed E-state index contributed by atoms with van der Waals surface area (Å²) in [6.07, 6.45) is 1.51. The Bertz CT molecular complexity index is 886. The molecule has 0 spiro atoms. The van der Waals surface area contributed by atoms with Crippen LogP contribution >= 0.6 is 0 Å². The van der Waals surface area contributed by atoms with Crippen molar-refractivity contribution in [3.8, 4) is 0 Å². The van der Waals surface area contributed by atoms with E-state index in [0.29, 0.717) is 16.8 Å². The highest BCUT2D eigenvalue weighted by Crippen LogP contribution is 2.29. The van der Waals surface area contributed by atoms with Gasteiger partial charge in [0.15, 0.2) is 0 Å². The SMILES string of the molecule is C=CCN(c1cccc(C(=O)OC)c1C)S(=O)(=O)c1ccc(C)cc1. The molecule has 0 aliphatic rings. The normalized spacial score (nSPS) is 11.0. The van der Waals surface area contributed by atoms with Crippen molar-refractivity contribution in [2.24, 2.45) is 0 Å². The van der Waals surface area contributed by atoms with Gasteiger partial charge in [-0.25, -0.2) is 13.2 Å². The van der Waals surface area contributed by atoms with Gasteiger partial charge < -0.3 is 4.74 Å². The largest absolute Gasteiger partial charge is 0.465 e. The highest BCUT2D eigenvalue weighted by atomic mass is 32.2. The minimum atomic E-state index is -3.79. The van der Waals surface area contributed by atoms with E-state index in [0.717, 1.165) is 5.56 Å². The molecule has 0 saturated heterocycles. The lowest BCUT2D eigenvalue weighted by Gasteiger charge is -2.25. The fourth-order valence-electron chi connectivity index (χ4n) is 2.51. The van der Waals surface area contributed by atoms with E-state index < -0.39 is 16.0 Å². The smallest absolute Gasteiger partial charge is 0.338 e. The zero-order valence-electron chi connectivity index (χ0n) is 14.5. The van der Waals surface area contributed by atoms with E-state index in [4.69, 9.17) is 4.74 Å². The van der Waals surface area contributed by atoms with Crippen LogP contribution in [-0.4, -0.2) is 28.0 Å². The van der Waals surface area contributed by atoms with Crippen molar-refractivity contribution < 1.29 is 17.9 Å². The zero-order chi connectivity index (χ0) is 18.6. The Morgan fingerprint density at radius 3 is 2.36 bits per heavy atom. The number of methoxy groups -OCH3 is 1. The third-order valence-electron chi connectivity index (χ3n) is 3.88. The standard InChI is InChI=1S/C19H21NO4S/c1-5-13-20(25(22,23)16-11-9-14(2)10-12-16)18-8-6-7-17(15(18)3)19(21)24-4/h5-12H,1,13H2,2-4H3. The van der Waals surface area contributed by atoms with Crippen LogP contribution in [0.4, 0.5) is 5.69 Å². The van der Waals surface area contributed by atoms with Gasteiger partial charge in [0.25, 0.3) is 10.0 Å². The molecule has 0 aromatic heterocycles. The molecular formula is C19H21NO4S. The molecule has 0 heterocycles. The number of carbonyl (C=O) groups is 1. The molecule has 132 valence electrons. The molecule has 0 saturated carbocycles. The number of hydrogen-bond acceptors (Lipinski definition) is 4. The molecule has 0 aliphatic carbocycles. The van der Waals surface area contributed by atoms with Crippen LogP contribution in [0.15, 0.2) is 60.0 Å².